The summed E-state index contributed by atoms with van der Waals surface area (Å²) in [6.07, 6.45) is 4.83. The van der Waals surface area contributed by atoms with Crippen LogP contribution in [0.1, 0.15) is 30.5 Å². The maximum atomic E-state index is 12.5. The molecule has 0 aliphatic rings. The van der Waals surface area contributed by atoms with E-state index < -0.39 is 0 Å². The van der Waals surface area contributed by atoms with Gasteiger partial charge in [0.1, 0.15) is 0 Å². The Morgan fingerprint density at radius 3 is 2.62 bits per heavy atom. The fourth-order valence-corrected chi connectivity index (χ4v) is 2.89. The van der Waals surface area contributed by atoms with E-state index in [-0.39, 0.29) is 11.9 Å². The van der Waals surface area contributed by atoms with Gasteiger partial charge in [-0.2, -0.15) is 0 Å². The van der Waals surface area contributed by atoms with Gasteiger partial charge in [-0.1, -0.05) is 35.0 Å². The fraction of sp³-hybridized carbons (Fsp3) is 0.294. The zero-order valence-electron chi connectivity index (χ0n) is 12.3. The first-order valence-electron chi connectivity index (χ1n) is 7.02. The predicted molar refractivity (Wildman–Crippen MR) is 87.9 cm³/mol. The van der Waals surface area contributed by atoms with Crippen molar-refractivity contribution in [1.82, 2.24) is 9.88 Å². The Bertz CT molecular complexity index is 601. The molecule has 1 aromatic heterocycles. The number of halogens is 1. The molecule has 0 spiro atoms. The Morgan fingerprint density at radius 2 is 2.00 bits per heavy atom. The van der Waals surface area contributed by atoms with Gasteiger partial charge in [-0.15, -0.1) is 0 Å². The number of benzene rings is 1. The lowest BCUT2D eigenvalue weighted by Crippen LogP contribution is -2.32. The van der Waals surface area contributed by atoms with Gasteiger partial charge in [-0.25, -0.2) is 0 Å². The monoisotopic (exact) mass is 346 g/mol. The van der Waals surface area contributed by atoms with Gasteiger partial charge in [0, 0.05) is 23.9 Å². The van der Waals surface area contributed by atoms with Gasteiger partial charge in [0.15, 0.2) is 0 Å². The molecule has 0 aliphatic carbocycles. The third-order valence-corrected chi connectivity index (χ3v) is 4.08. The average Bonchev–Trinajstić information content (AvgIpc) is 2.49. The summed E-state index contributed by atoms with van der Waals surface area (Å²) in [4.78, 5) is 18.4. The third kappa shape index (κ3) is 4.14. The Labute approximate surface area is 134 Å². The van der Waals surface area contributed by atoms with E-state index >= 15 is 0 Å². The molecule has 0 saturated carbocycles. The number of likely N-dealkylation sites (N-methyl/N-ethyl adjacent to an activating group) is 1. The van der Waals surface area contributed by atoms with Crippen LogP contribution in [0, 0.1) is 0 Å². The zero-order chi connectivity index (χ0) is 15.2. The van der Waals surface area contributed by atoms with Crippen molar-refractivity contribution in [2.45, 2.75) is 25.8 Å². The van der Waals surface area contributed by atoms with Crippen molar-refractivity contribution in [3.63, 3.8) is 0 Å². The largest absolute Gasteiger partial charge is 0.338 e. The summed E-state index contributed by atoms with van der Waals surface area (Å²) < 4.78 is 0.997. The Balaban J connectivity index is 2.10. The SMILES string of the molecule is CCC(c1ccncc1)N(C)C(=O)Cc1cccc(Br)c1. The maximum absolute atomic E-state index is 12.5. The van der Waals surface area contributed by atoms with E-state index in [0.717, 1.165) is 22.0 Å². The summed E-state index contributed by atoms with van der Waals surface area (Å²) in [5.74, 6) is 0.122. The molecule has 110 valence electrons. The van der Waals surface area contributed by atoms with E-state index in [1.165, 1.54) is 0 Å². The number of hydrogen-bond acceptors (Lipinski definition) is 2. The van der Waals surface area contributed by atoms with E-state index in [1.54, 1.807) is 12.4 Å². The molecule has 0 N–H and O–H groups in total. The van der Waals surface area contributed by atoms with Crippen molar-refractivity contribution in [2.75, 3.05) is 7.05 Å². The van der Waals surface area contributed by atoms with Crippen molar-refractivity contribution in [3.05, 3.63) is 64.4 Å². The highest BCUT2D eigenvalue weighted by atomic mass is 79.9. The van der Waals surface area contributed by atoms with Gasteiger partial charge < -0.3 is 4.90 Å². The molecule has 1 unspecified atom stereocenters. The van der Waals surface area contributed by atoms with Gasteiger partial charge >= 0.3 is 0 Å². The molecule has 0 aliphatic heterocycles. The number of amides is 1. The van der Waals surface area contributed by atoms with E-state index in [0.29, 0.717) is 6.42 Å². The van der Waals surface area contributed by atoms with Crippen molar-refractivity contribution < 1.29 is 4.79 Å². The predicted octanol–water partition coefficient (Wildman–Crippen LogP) is 4.00. The summed E-state index contributed by atoms with van der Waals surface area (Å²) in [5, 5.41) is 0. The molecular weight excluding hydrogens is 328 g/mol. The third-order valence-electron chi connectivity index (χ3n) is 3.58. The second-order valence-corrected chi connectivity index (χ2v) is 5.93. The van der Waals surface area contributed by atoms with Crippen LogP contribution < -0.4 is 0 Å². The van der Waals surface area contributed by atoms with Gasteiger partial charge in [0.05, 0.1) is 12.5 Å². The van der Waals surface area contributed by atoms with E-state index in [2.05, 4.69) is 27.8 Å². The quantitative estimate of drug-likeness (QED) is 0.819. The lowest BCUT2D eigenvalue weighted by atomic mass is 10.0. The lowest BCUT2D eigenvalue weighted by molar-refractivity contribution is -0.131. The average molecular weight is 347 g/mol. The molecule has 1 heterocycles. The summed E-state index contributed by atoms with van der Waals surface area (Å²) in [6, 6.07) is 11.9. The van der Waals surface area contributed by atoms with Crippen LogP contribution in [0.25, 0.3) is 0 Å². The molecule has 4 heteroatoms. The van der Waals surface area contributed by atoms with Gasteiger partial charge in [0.25, 0.3) is 0 Å². The number of rotatable bonds is 5. The highest BCUT2D eigenvalue weighted by Gasteiger charge is 2.20. The first-order chi connectivity index (χ1) is 10.1. The number of aromatic nitrogens is 1. The molecule has 0 fully saturated rings. The van der Waals surface area contributed by atoms with Crippen LogP contribution in [-0.2, 0) is 11.2 Å². The summed E-state index contributed by atoms with van der Waals surface area (Å²) in [5.41, 5.74) is 2.14. The Morgan fingerprint density at radius 1 is 1.29 bits per heavy atom. The zero-order valence-corrected chi connectivity index (χ0v) is 13.9. The molecule has 0 saturated heterocycles. The Hall–Kier alpha value is -1.68. The first-order valence-corrected chi connectivity index (χ1v) is 7.81. The smallest absolute Gasteiger partial charge is 0.227 e. The van der Waals surface area contributed by atoms with E-state index in [4.69, 9.17) is 0 Å². The number of hydrogen-bond donors (Lipinski definition) is 0. The molecule has 0 bridgehead atoms. The van der Waals surface area contributed by atoms with Crippen LogP contribution in [0.3, 0.4) is 0 Å². The second-order valence-electron chi connectivity index (χ2n) is 5.02. The lowest BCUT2D eigenvalue weighted by Gasteiger charge is -2.27. The van der Waals surface area contributed by atoms with Crippen molar-refractivity contribution in [3.8, 4) is 0 Å². The van der Waals surface area contributed by atoms with E-state index in [1.807, 2.05) is 48.3 Å². The van der Waals surface area contributed by atoms with Crippen LogP contribution in [0.4, 0.5) is 0 Å². The molecule has 21 heavy (non-hydrogen) atoms. The second kappa shape index (κ2) is 7.36. The van der Waals surface area contributed by atoms with Crippen LogP contribution >= 0.6 is 15.9 Å². The first kappa shape index (κ1) is 15.7. The normalized spacial score (nSPS) is 12.0. The Kier molecular flexibility index (Phi) is 5.51. The van der Waals surface area contributed by atoms with Crippen LogP contribution in [0.15, 0.2) is 53.3 Å². The minimum atomic E-state index is 0.0904. The minimum Gasteiger partial charge on any atom is -0.338 e. The number of pyridine rings is 1. The molecular formula is C17H19BrN2O. The molecule has 1 aromatic carbocycles. The van der Waals surface area contributed by atoms with Crippen LogP contribution in [0.5, 0.6) is 0 Å². The van der Waals surface area contributed by atoms with Crippen molar-refractivity contribution in [1.29, 1.82) is 0 Å². The fourth-order valence-electron chi connectivity index (χ4n) is 2.44. The standard InChI is InChI=1S/C17H19BrN2O/c1-3-16(14-7-9-19-10-8-14)20(2)17(21)12-13-5-4-6-15(18)11-13/h4-11,16H,3,12H2,1-2H3. The number of nitrogens with zero attached hydrogens (tertiary/aromatic N) is 2. The molecule has 3 nitrogen and oxygen atoms in total. The molecule has 2 rings (SSSR count). The number of carbonyl (C=O) groups is 1. The minimum absolute atomic E-state index is 0.0904. The van der Waals surface area contributed by atoms with E-state index in [9.17, 15) is 4.79 Å². The topological polar surface area (TPSA) is 33.2 Å². The highest BCUT2D eigenvalue weighted by Crippen LogP contribution is 2.23. The van der Waals surface area contributed by atoms with Crippen LogP contribution in [0.2, 0.25) is 0 Å². The van der Waals surface area contributed by atoms with Crippen molar-refractivity contribution in [2.24, 2.45) is 0 Å². The molecule has 2 aromatic rings. The number of carbonyl (C=O) groups excluding carboxylic acids is 1. The van der Waals surface area contributed by atoms with Gasteiger partial charge in [-0.05, 0) is 41.8 Å². The van der Waals surface area contributed by atoms with Crippen LogP contribution in [-0.4, -0.2) is 22.8 Å². The summed E-state index contributed by atoms with van der Waals surface area (Å²) in [6.45, 7) is 2.09. The highest BCUT2D eigenvalue weighted by molar-refractivity contribution is 9.10. The summed E-state index contributed by atoms with van der Waals surface area (Å²) in [7, 11) is 1.87. The van der Waals surface area contributed by atoms with Gasteiger partial charge in [0.2, 0.25) is 5.91 Å². The molecule has 1 amide bonds. The van der Waals surface area contributed by atoms with Crippen molar-refractivity contribution >= 4 is 21.8 Å². The molecule has 0 radical (unpaired) electrons. The molecule has 1 atom stereocenters. The summed E-state index contributed by atoms with van der Waals surface area (Å²) >= 11 is 3.44. The maximum Gasteiger partial charge on any atom is 0.227 e. The van der Waals surface area contributed by atoms with Gasteiger partial charge in [-0.3, -0.25) is 9.78 Å².